The maximum absolute atomic E-state index is 14.2. The van der Waals surface area contributed by atoms with Crippen LogP contribution in [0.2, 0.25) is 0 Å². The van der Waals surface area contributed by atoms with Crippen molar-refractivity contribution >= 4 is 35.6 Å². The predicted octanol–water partition coefficient (Wildman–Crippen LogP) is 1.72. The lowest BCUT2D eigenvalue weighted by molar-refractivity contribution is -0.148. The van der Waals surface area contributed by atoms with Crippen LogP contribution in [0.25, 0.3) is 0 Å². The van der Waals surface area contributed by atoms with Crippen LogP contribution in [-0.4, -0.2) is 85.4 Å². The van der Waals surface area contributed by atoms with Gasteiger partial charge in [-0.2, -0.15) is 0 Å². The van der Waals surface area contributed by atoms with Gasteiger partial charge in [-0.05, 0) is 49.1 Å². The van der Waals surface area contributed by atoms with Gasteiger partial charge in [-0.15, -0.1) is 0 Å². The maximum atomic E-state index is 14.2. The van der Waals surface area contributed by atoms with E-state index in [9.17, 15) is 28.8 Å². The van der Waals surface area contributed by atoms with Crippen molar-refractivity contribution < 1.29 is 38.2 Å². The highest BCUT2D eigenvalue weighted by Gasteiger charge is 2.54. The molecule has 2 aromatic rings. The lowest BCUT2D eigenvalue weighted by Gasteiger charge is -2.33. The number of benzene rings is 2. The highest BCUT2D eigenvalue weighted by atomic mass is 16.5. The Labute approximate surface area is 286 Å². The second-order valence-corrected chi connectivity index (χ2v) is 13.0. The van der Waals surface area contributed by atoms with Crippen molar-refractivity contribution in [1.29, 1.82) is 0 Å². The lowest BCUT2D eigenvalue weighted by atomic mass is 9.81. The molecule has 2 fully saturated rings. The van der Waals surface area contributed by atoms with E-state index in [4.69, 9.17) is 9.47 Å². The Morgan fingerprint density at radius 3 is 1.90 bits per heavy atom. The van der Waals surface area contributed by atoms with E-state index in [-0.39, 0.29) is 30.6 Å². The summed E-state index contributed by atoms with van der Waals surface area (Å²) in [5.74, 6) is -4.63. The third-order valence-electron chi connectivity index (χ3n) is 9.80. The van der Waals surface area contributed by atoms with Crippen LogP contribution in [0.5, 0.6) is 0 Å². The predicted molar refractivity (Wildman–Crippen MR) is 178 cm³/mol. The standard InChI is InChI=1S/C37H44N4O8/c1-22(36(46)48-2)38-34(44)30-25-16-17-26(21-25)31(30)35(45)41-18-10-15-29(41)33(43)39-27(19-23-11-6-4-7-12-23)32(42)40-28(37(47)49-3)20-24-13-8-5-9-14-24/h4-9,11-14,16-17,22,25-31H,10,15,18-21H2,1-3H3,(H,38,44)(H,39,43)(H,40,42)/t22-,25+,26-,27-,28-,29-,30+,31-/m0/s1. The fourth-order valence-electron chi connectivity index (χ4n) is 7.34. The number of rotatable bonds is 13. The summed E-state index contributed by atoms with van der Waals surface area (Å²) in [5.41, 5.74) is 1.62. The van der Waals surface area contributed by atoms with Crippen molar-refractivity contribution in [3.8, 4) is 0 Å². The molecular weight excluding hydrogens is 628 g/mol. The molecule has 1 aliphatic heterocycles. The minimum Gasteiger partial charge on any atom is -0.467 e. The molecule has 0 radical (unpaired) electrons. The molecule has 12 heteroatoms. The van der Waals surface area contributed by atoms with Gasteiger partial charge in [0.25, 0.3) is 0 Å². The summed E-state index contributed by atoms with van der Waals surface area (Å²) >= 11 is 0. The number of hydrogen-bond donors (Lipinski definition) is 3. The normalized spacial score (nSPS) is 24.0. The minimum absolute atomic E-state index is 0.149. The summed E-state index contributed by atoms with van der Waals surface area (Å²) in [7, 11) is 2.49. The zero-order chi connectivity index (χ0) is 35.1. The van der Waals surface area contributed by atoms with Crippen molar-refractivity contribution in [2.24, 2.45) is 23.7 Å². The number of methoxy groups -OCH3 is 2. The third-order valence-corrected chi connectivity index (χ3v) is 9.80. The van der Waals surface area contributed by atoms with Gasteiger partial charge in [-0.1, -0.05) is 72.8 Å². The van der Waals surface area contributed by atoms with E-state index in [0.29, 0.717) is 25.8 Å². The molecule has 0 unspecified atom stereocenters. The molecule has 5 rings (SSSR count). The smallest absolute Gasteiger partial charge is 0.328 e. The molecule has 1 saturated carbocycles. The number of carbonyl (C=O) groups is 6. The van der Waals surface area contributed by atoms with E-state index < -0.39 is 65.7 Å². The highest BCUT2D eigenvalue weighted by molar-refractivity contribution is 5.96. The van der Waals surface area contributed by atoms with Crippen molar-refractivity contribution in [2.75, 3.05) is 20.8 Å². The zero-order valence-corrected chi connectivity index (χ0v) is 28.0. The summed E-state index contributed by atoms with van der Waals surface area (Å²) in [6.07, 6.45) is 5.85. The second kappa shape index (κ2) is 15.9. The first-order chi connectivity index (χ1) is 23.6. The van der Waals surface area contributed by atoms with E-state index in [2.05, 4.69) is 16.0 Å². The van der Waals surface area contributed by atoms with E-state index >= 15 is 0 Å². The van der Waals surface area contributed by atoms with Crippen molar-refractivity contribution in [2.45, 2.75) is 63.2 Å². The van der Waals surface area contributed by atoms with Crippen molar-refractivity contribution in [3.63, 3.8) is 0 Å². The number of carbonyl (C=O) groups excluding carboxylic acids is 6. The molecule has 4 amide bonds. The maximum Gasteiger partial charge on any atom is 0.328 e. The van der Waals surface area contributed by atoms with Crippen LogP contribution in [0.1, 0.15) is 37.3 Å². The van der Waals surface area contributed by atoms with Crippen LogP contribution in [0.4, 0.5) is 0 Å². The molecule has 3 aliphatic rings. The lowest BCUT2D eigenvalue weighted by Crippen LogP contribution is -2.57. The van der Waals surface area contributed by atoms with Crippen LogP contribution in [0.3, 0.4) is 0 Å². The fourth-order valence-corrected chi connectivity index (χ4v) is 7.34. The van der Waals surface area contributed by atoms with Gasteiger partial charge in [-0.3, -0.25) is 19.2 Å². The van der Waals surface area contributed by atoms with Gasteiger partial charge >= 0.3 is 11.9 Å². The number of allylic oxidation sites excluding steroid dienone is 2. The number of hydrogen-bond acceptors (Lipinski definition) is 8. The second-order valence-electron chi connectivity index (χ2n) is 13.0. The average Bonchev–Trinajstić information content (AvgIpc) is 3.88. The summed E-state index contributed by atoms with van der Waals surface area (Å²) in [5, 5.41) is 8.36. The molecule has 2 aliphatic carbocycles. The van der Waals surface area contributed by atoms with Gasteiger partial charge in [0.05, 0.1) is 26.1 Å². The average molecular weight is 673 g/mol. The Morgan fingerprint density at radius 2 is 1.31 bits per heavy atom. The molecule has 1 saturated heterocycles. The molecule has 12 nitrogen and oxygen atoms in total. The Bertz CT molecular complexity index is 1560. The zero-order valence-electron chi connectivity index (χ0n) is 28.0. The molecule has 3 N–H and O–H groups in total. The monoisotopic (exact) mass is 672 g/mol. The van der Waals surface area contributed by atoms with Gasteiger partial charge in [0, 0.05) is 19.4 Å². The molecule has 0 spiro atoms. The van der Waals surface area contributed by atoms with Crippen molar-refractivity contribution in [1.82, 2.24) is 20.9 Å². The van der Waals surface area contributed by atoms with Gasteiger partial charge in [-0.25, -0.2) is 9.59 Å². The number of esters is 2. The number of nitrogens with zero attached hydrogens (tertiary/aromatic N) is 1. The van der Waals surface area contributed by atoms with Crippen LogP contribution in [-0.2, 0) is 51.1 Å². The number of fused-ring (bicyclic) bond motifs is 2. The van der Waals surface area contributed by atoms with Gasteiger partial charge in [0.15, 0.2) is 0 Å². The van der Waals surface area contributed by atoms with E-state index in [1.807, 2.05) is 72.8 Å². The summed E-state index contributed by atoms with van der Waals surface area (Å²) in [4.78, 5) is 81.6. The van der Waals surface area contributed by atoms with E-state index in [0.717, 1.165) is 11.1 Å². The van der Waals surface area contributed by atoms with Gasteiger partial charge in [0.2, 0.25) is 23.6 Å². The van der Waals surface area contributed by atoms with E-state index in [1.165, 1.54) is 26.0 Å². The first-order valence-corrected chi connectivity index (χ1v) is 16.7. The Balaban J connectivity index is 1.32. The number of ether oxygens (including phenoxy) is 2. The quantitative estimate of drug-likeness (QED) is 0.214. The molecule has 8 atom stereocenters. The summed E-state index contributed by atoms with van der Waals surface area (Å²) in [6.45, 7) is 1.86. The third kappa shape index (κ3) is 8.18. The van der Waals surface area contributed by atoms with Crippen LogP contribution in [0, 0.1) is 23.7 Å². The number of nitrogens with one attached hydrogen (secondary N) is 3. The largest absolute Gasteiger partial charge is 0.467 e. The van der Waals surface area contributed by atoms with Crippen LogP contribution < -0.4 is 16.0 Å². The number of amides is 4. The molecule has 260 valence electrons. The minimum atomic E-state index is -1.06. The van der Waals surface area contributed by atoms with E-state index in [1.54, 1.807) is 0 Å². The topological polar surface area (TPSA) is 160 Å². The Morgan fingerprint density at radius 1 is 0.735 bits per heavy atom. The molecule has 49 heavy (non-hydrogen) atoms. The molecule has 2 bridgehead atoms. The molecule has 0 aromatic heterocycles. The van der Waals surface area contributed by atoms with Gasteiger partial charge < -0.3 is 30.3 Å². The Kier molecular flexibility index (Phi) is 11.5. The van der Waals surface area contributed by atoms with Gasteiger partial charge in [0.1, 0.15) is 24.2 Å². The fraction of sp³-hybridized carbons (Fsp3) is 0.459. The highest BCUT2D eigenvalue weighted by Crippen LogP contribution is 2.49. The summed E-state index contributed by atoms with van der Waals surface area (Å²) in [6, 6.07) is 14.6. The first-order valence-electron chi connectivity index (χ1n) is 16.7. The molecular formula is C37H44N4O8. The molecule has 2 aromatic carbocycles. The van der Waals surface area contributed by atoms with Crippen LogP contribution >= 0.6 is 0 Å². The SMILES string of the molecule is COC(=O)[C@H](C)NC(=O)[C@H]1[C@@H](C(=O)N2CCC[C@H]2C(=O)N[C@@H](Cc2ccccc2)C(=O)N[C@@H](Cc2ccccc2)C(=O)OC)[C@H]2C=C[C@@H]1C2. The van der Waals surface area contributed by atoms with Crippen LogP contribution in [0.15, 0.2) is 72.8 Å². The summed E-state index contributed by atoms with van der Waals surface area (Å²) < 4.78 is 9.72. The first kappa shape index (κ1) is 35.3. The Hall–Kier alpha value is -5.00. The number of likely N-dealkylation sites (tertiary alicyclic amines) is 1. The molecule has 1 heterocycles. The van der Waals surface area contributed by atoms with Crippen molar-refractivity contribution in [3.05, 3.63) is 83.9 Å².